The lowest BCUT2D eigenvalue weighted by atomic mass is 9.56. The Balaban J connectivity index is 1.91. The molecular weight excluding hydrogens is 174 g/mol. The summed E-state index contributed by atoms with van der Waals surface area (Å²) >= 11 is 0. The Kier molecular flexibility index (Phi) is 1.86. The lowest BCUT2D eigenvalue weighted by Crippen LogP contribution is -2.49. The molecule has 4 rings (SSSR count). The molecule has 4 aliphatic rings. The highest BCUT2D eigenvalue weighted by Crippen LogP contribution is 2.65. The van der Waals surface area contributed by atoms with Crippen molar-refractivity contribution in [1.29, 1.82) is 0 Å². The van der Waals surface area contributed by atoms with Gasteiger partial charge in [0.15, 0.2) is 0 Å². The fraction of sp³-hybridized carbons (Fsp3) is 1.00. The van der Waals surface area contributed by atoms with Crippen molar-refractivity contribution in [2.75, 3.05) is 6.66 Å². The van der Waals surface area contributed by atoms with Crippen molar-refractivity contribution < 1.29 is 0 Å². The Bertz CT molecular complexity index is 189. The second-order valence-corrected chi connectivity index (χ2v) is 8.31. The van der Waals surface area contributed by atoms with Crippen LogP contribution in [-0.4, -0.2) is 19.4 Å². The zero-order valence-corrected chi connectivity index (χ0v) is 9.55. The molecule has 70 valence electrons. The van der Waals surface area contributed by atoms with Crippen LogP contribution in [0.15, 0.2) is 0 Å². The Morgan fingerprint density at radius 3 is 1.69 bits per heavy atom. The van der Waals surface area contributed by atoms with Crippen molar-refractivity contribution in [1.82, 2.24) is 0 Å². The first-order chi connectivity index (χ1) is 6.18. The van der Waals surface area contributed by atoms with Gasteiger partial charge in [-0.15, -0.1) is 0 Å². The van der Waals surface area contributed by atoms with Gasteiger partial charge in [0.25, 0.3) is 0 Å². The van der Waals surface area contributed by atoms with E-state index in [0.717, 1.165) is 17.8 Å². The number of hydrogen-bond donors (Lipinski definition) is 0. The summed E-state index contributed by atoms with van der Waals surface area (Å²) in [4.78, 5) is 0. The monoisotopic (exact) mass is 193 g/mol. The molecule has 0 aromatic heterocycles. The molecule has 4 fully saturated rings. The van der Waals surface area contributed by atoms with Gasteiger partial charge in [-0.25, -0.2) is 0 Å². The maximum atomic E-state index is 6.29. The first-order valence-electron chi connectivity index (χ1n) is 5.77. The molecule has 13 heavy (non-hydrogen) atoms. The molecule has 0 heterocycles. The maximum absolute atomic E-state index is 6.29. The van der Waals surface area contributed by atoms with Gasteiger partial charge in [-0.05, 0) is 56.3 Å². The summed E-state index contributed by atoms with van der Waals surface area (Å²) in [6.07, 6.45) is 9.15. The predicted molar refractivity (Wildman–Crippen MR) is 60.9 cm³/mol. The van der Waals surface area contributed by atoms with Crippen LogP contribution in [0.5, 0.6) is 0 Å². The minimum absolute atomic E-state index is 0.529. The van der Waals surface area contributed by atoms with Gasteiger partial charge in [0.1, 0.15) is 0 Å². The largest absolute Gasteiger partial charge is 0.362 e. The minimum atomic E-state index is -0.529. The summed E-state index contributed by atoms with van der Waals surface area (Å²) in [5, 5.41) is 0.680. The van der Waals surface area contributed by atoms with E-state index < -0.39 is 7.80 Å². The molecule has 4 aliphatic carbocycles. The molecule has 0 spiro atoms. The van der Waals surface area contributed by atoms with Gasteiger partial charge in [-0.1, -0.05) is 7.80 Å². The van der Waals surface area contributed by atoms with E-state index in [4.69, 9.17) is 7.57 Å². The highest BCUT2D eigenvalue weighted by atomic mass is 31.1. The van der Waals surface area contributed by atoms with E-state index in [2.05, 4.69) is 6.66 Å². The molecular formula is C11H19BP+. The molecule has 0 amide bonds. The van der Waals surface area contributed by atoms with Crippen LogP contribution in [0.1, 0.15) is 38.5 Å². The topological polar surface area (TPSA) is 0 Å². The second kappa shape index (κ2) is 2.75. The Morgan fingerprint density at radius 1 is 1.00 bits per heavy atom. The van der Waals surface area contributed by atoms with Crippen LogP contribution in [0.3, 0.4) is 0 Å². The third kappa shape index (κ3) is 1.23. The summed E-state index contributed by atoms with van der Waals surface area (Å²) < 4.78 is 0. The normalized spacial score (nSPS) is 55.3. The van der Waals surface area contributed by atoms with E-state index in [0.29, 0.717) is 5.16 Å². The van der Waals surface area contributed by atoms with Gasteiger partial charge in [-0.3, -0.25) is 0 Å². The van der Waals surface area contributed by atoms with Crippen molar-refractivity contribution in [3.05, 3.63) is 0 Å². The Labute approximate surface area is 84.0 Å². The Morgan fingerprint density at radius 2 is 1.38 bits per heavy atom. The fourth-order valence-corrected chi connectivity index (χ4v) is 6.43. The molecule has 0 aromatic rings. The summed E-state index contributed by atoms with van der Waals surface area (Å²) in [5.74, 6) is 3.24. The van der Waals surface area contributed by atoms with Crippen LogP contribution in [0.2, 0.25) is 0 Å². The zero-order valence-electron chi connectivity index (χ0n) is 8.55. The van der Waals surface area contributed by atoms with Crippen LogP contribution < -0.4 is 0 Å². The average Bonchev–Trinajstić information content (AvgIpc) is 2.00. The molecule has 4 saturated carbocycles. The molecule has 2 radical (unpaired) electrons. The number of rotatable bonds is 1. The van der Waals surface area contributed by atoms with Crippen LogP contribution >= 0.6 is 7.80 Å². The summed E-state index contributed by atoms with van der Waals surface area (Å²) in [6.45, 7) is 2.35. The van der Waals surface area contributed by atoms with Crippen LogP contribution in [-0.2, 0) is 0 Å². The maximum Gasteiger partial charge on any atom is 0.362 e. The molecule has 0 saturated heterocycles. The number of hydrogen-bond acceptors (Lipinski definition) is 0. The molecule has 0 N–H and O–H groups in total. The molecule has 1 atom stereocenters. The molecule has 0 aromatic carbocycles. The van der Waals surface area contributed by atoms with Gasteiger partial charge in [-0.2, -0.15) is 0 Å². The Hall–Kier alpha value is 0.495. The van der Waals surface area contributed by atoms with Crippen LogP contribution in [0, 0.1) is 17.8 Å². The predicted octanol–water partition coefficient (Wildman–Crippen LogP) is 2.88. The quantitative estimate of drug-likeness (QED) is 0.443. The molecule has 0 nitrogen and oxygen atoms in total. The van der Waals surface area contributed by atoms with Crippen molar-refractivity contribution in [2.24, 2.45) is 17.8 Å². The van der Waals surface area contributed by atoms with Crippen LogP contribution in [0.4, 0.5) is 0 Å². The SMILES string of the molecule is [B][PH+](C)C12CC3CC(CC(C3)C1)C2. The zero-order chi connectivity index (χ0) is 9.05. The standard InChI is InChI=1S/C11H19BP/c1-13(12)11-5-8-2-9(6-11)4-10(3-8)7-11/h8-10,13H,2-7H2,1H3/q+1. The van der Waals surface area contributed by atoms with E-state index in [1.807, 2.05) is 0 Å². The van der Waals surface area contributed by atoms with Gasteiger partial charge < -0.3 is 0 Å². The molecule has 0 aliphatic heterocycles. The minimum Gasteiger partial charge on any atom is -0.0501 e. The van der Waals surface area contributed by atoms with E-state index in [1.54, 1.807) is 19.3 Å². The van der Waals surface area contributed by atoms with Crippen LogP contribution in [0.25, 0.3) is 0 Å². The summed E-state index contributed by atoms with van der Waals surface area (Å²) in [7, 11) is 5.76. The smallest absolute Gasteiger partial charge is 0.0501 e. The third-order valence-electron chi connectivity index (χ3n) is 4.87. The molecule has 4 bridgehead atoms. The summed E-state index contributed by atoms with van der Waals surface area (Å²) in [6, 6.07) is 0. The molecule has 1 unspecified atom stereocenters. The lowest BCUT2D eigenvalue weighted by Gasteiger charge is -2.55. The summed E-state index contributed by atoms with van der Waals surface area (Å²) in [5.41, 5.74) is 0. The van der Waals surface area contributed by atoms with Gasteiger partial charge in [0.2, 0.25) is 0 Å². The van der Waals surface area contributed by atoms with E-state index in [1.165, 1.54) is 19.3 Å². The second-order valence-electron chi connectivity index (χ2n) is 5.88. The van der Waals surface area contributed by atoms with Crippen molar-refractivity contribution >= 4 is 15.4 Å². The van der Waals surface area contributed by atoms with Crippen molar-refractivity contribution in [3.63, 3.8) is 0 Å². The first kappa shape index (κ1) is 8.78. The fourth-order valence-electron chi connectivity index (χ4n) is 4.59. The highest BCUT2D eigenvalue weighted by Gasteiger charge is 2.55. The van der Waals surface area contributed by atoms with Crippen molar-refractivity contribution in [2.45, 2.75) is 43.7 Å². The van der Waals surface area contributed by atoms with E-state index in [9.17, 15) is 0 Å². The van der Waals surface area contributed by atoms with Gasteiger partial charge >= 0.3 is 7.57 Å². The first-order valence-corrected chi connectivity index (χ1v) is 7.85. The van der Waals surface area contributed by atoms with E-state index in [-0.39, 0.29) is 0 Å². The highest BCUT2D eigenvalue weighted by molar-refractivity contribution is 7.82. The van der Waals surface area contributed by atoms with Gasteiger partial charge in [0.05, 0.1) is 5.16 Å². The van der Waals surface area contributed by atoms with Crippen molar-refractivity contribution in [3.8, 4) is 0 Å². The van der Waals surface area contributed by atoms with E-state index >= 15 is 0 Å². The molecule has 2 heteroatoms. The lowest BCUT2D eigenvalue weighted by molar-refractivity contribution is 0.0365. The third-order valence-corrected chi connectivity index (χ3v) is 7.16. The van der Waals surface area contributed by atoms with Gasteiger partial charge in [0, 0.05) is 6.66 Å². The average molecular weight is 193 g/mol.